The van der Waals surface area contributed by atoms with Gasteiger partial charge in [0, 0.05) is 19.3 Å². The maximum absolute atomic E-state index is 12.9. The molecule has 0 bridgehead atoms. The molecule has 1 unspecified atom stereocenters. The summed E-state index contributed by atoms with van der Waals surface area (Å²) in [6.45, 7) is 6.49. The quantitative estimate of drug-likeness (QED) is 0.0261. The van der Waals surface area contributed by atoms with E-state index in [1.165, 1.54) is 128 Å². The van der Waals surface area contributed by atoms with Crippen molar-refractivity contribution in [3.8, 4) is 0 Å². The number of hydrogen-bond donors (Lipinski definition) is 0. The lowest BCUT2D eigenvalue weighted by Gasteiger charge is -2.18. The molecule has 0 amide bonds. The molecule has 0 radical (unpaired) electrons. The zero-order chi connectivity index (χ0) is 52.2. The lowest BCUT2D eigenvalue weighted by molar-refractivity contribution is -0.167. The summed E-state index contributed by atoms with van der Waals surface area (Å²) in [7, 11) is 0. The number of unbranched alkanes of at least 4 members (excludes halogenated alkanes) is 27. The summed E-state index contributed by atoms with van der Waals surface area (Å²) in [4.78, 5) is 38.2. The van der Waals surface area contributed by atoms with E-state index < -0.39 is 6.10 Å². The van der Waals surface area contributed by atoms with Gasteiger partial charge in [-0.15, -0.1) is 0 Å². The van der Waals surface area contributed by atoms with Crippen LogP contribution in [0.4, 0.5) is 0 Å². The second kappa shape index (κ2) is 59.9. The third kappa shape index (κ3) is 57.2. The molecule has 0 heterocycles. The third-order valence-corrected chi connectivity index (χ3v) is 12.8. The first kappa shape index (κ1) is 68.3. The van der Waals surface area contributed by atoms with E-state index in [4.69, 9.17) is 14.2 Å². The van der Waals surface area contributed by atoms with Crippen LogP contribution in [-0.2, 0) is 28.6 Å². The van der Waals surface area contributed by atoms with Crippen molar-refractivity contribution >= 4 is 17.9 Å². The smallest absolute Gasteiger partial charge is 0.306 e. The van der Waals surface area contributed by atoms with E-state index in [-0.39, 0.29) is 31.1 Å². The van der Waals surface area contributed by atoms with Crippen LogP contribution < -0.4 is 0 Å². The van der Waals surface area contributed by atoms with Gasteiger partial charge in [-0.25, -0.2) is 0 Å². The first-order valence-electron chi connectivity index (χ1n) is 30.2. The number of ether oxygens (including phenoxy) is 3. The molecule has 0 fully saturated rings. The van der Waals surface area contributed by atoms with Gasteiger partial charge in [0.05, 0.1) is 0 Å². The number of rotatable bonds is 54. The number of carbonyl (C=O) groups is 3. The Balaban J connectivity index is 4.36. The molecule has 412 valence electrons. The predicted molar refractivity (Wildman–Crippen MR) is 311 cm³/mol. The molecule has 0 saturated heterocycles. The highest BCUT2D eigenvalue weighted by atomic mass is 16.6. The van der Waals surface area contributed by atoms with Gasteiger partial charge in [0.15, 0.2) is 6.10 Å². The molecular weight excluding hydrogens is 889 g/mol. The first-order valence-corrected chi connectivity index (χ1v) is 30.2. The maximum Gasteiger partial charge on any atom is 0.306 e. The Kier molecular flexibility index (Phi) is 56.8. The summed E-state index contributed by atoms with van der Waals surface area (Å²) >= 11 is 0. The molecule has 0 aliphatic rings. The van der Waals surface area contributed by atoms with Crippen molar-refractivity contribution in [3.05, 3.63) is 97.2 Å². The number of allylic oxidation sites excluding steroid dienone is 16. The van der Waals surface area contributed by atoms with E-state index in [0.29, 0.717) is 19.3 Å². The second-order valence-corrected chi connectivity index (χ2v) is 19.9. The zero-order valence-electron chi connectivity index (χ0n) is 47.2. The SMILES string of the molecule is CC/C=C\C/C=C\C/C=C\C/C=C\C/C=C\C/C=C\CCCCCCCCC(=O)OCC(COC(=O)CCCCCCC/C=C\CCCCC)OC(=O)CCCCCCCCC/C=C\CCCCCCCC. The molecule has 6 heteroatoms. The van der Waals surface area contributed by atoms with Gasteiger partial charge in [0.1, 0.15) is 13.2 Å². The Morgan fingerprint density at radius 1 is 0.292 bits per heavy atom. The van der Waals surface area contributed by atoms with Crippen LogP contribution in [0.15, 0.2) is 97.2 Å². The molecule has 0 aromatic carbocycles. The van der Waals surface area contributed by atoms with Crippen LogP contribution >= 0.6 is 0 Å². The molecule has 0 aromatic rings. The molecular formula is C66H112O6. The molecule has 0 aromatic heterocycles. The monoisotopic (exact) mass is 1000 g/mol. The Hall–Kier alpha value is -3.67. The van der Waals surface area contributed by atoms with Crippen molar-refractivity contribution < 1.29 is 28.6 Å². The minimum absolute atomic E-state index is 0.0880. The first-order chi connectivity index (χ1) is 35.5. The highest BCUT2D eigenvalue weighted by molar-refractivity contribution is 5.71. The average molecular weight is 1000 g/mol. The van der Waals surface area contributed by atoms with Gasteiger partial charge in [-0.05, 0) is 122 Å². The van der Waals surface area contributed by atoms with Crippen molar-refractivity contribution in [2.45, 2.75) is 290 Å². The van der Waals surface area contributed by atoms with Crippen molar-refractivity contribution in [1.29, 1.82) is 0 Å². The van der Waals surface area contributed by atoms with Crippen LogP contribution in [-0.4, -0.2) is 37.2 Å². The standard InChI is InChI=1S/C66H112O6/c1-4-7-10-13-16-19-22-25-27-29-30-31-32-33-34-35-36-38-39-41-44-47-50-53-56-59-65(68)71-62-63(61-70-64(67)58-55-52-49-46-43-24-21-18-15-12-9-6-3)72-66(69)60-57-54-51-48-45-42-40-37-28-26-23-20-17-14-11-8-5-2/h7,10,16,18-19,21,25-28,30-31,33-34,36,38,63H,4-6,8-9,11-15,17,20,22-24,29,32,35,37,39-62H2,1-3H3/b10-7-,19-16-,21-18-,27-25-,28-26-,31-30-,34-33-,38-36-. The molecule has 0 N–H and O–H groups in total. The normalized spacial score (nSPS) is 12.8. The van der Waals surface area contributed by atoms with Gasteiger partial charge in [-0.1, -0.05) is 240 Å². The summed E-state index contributed by atoms with van der Waals surface area (Å²) in [6.07, 6.45) is 79.7. The van der Waals surface area contributed by atoms with E-state index in [9.17, 15) is 14.4 Å². The van der Waals surface area contributed by atoms with Crippen LogP contribution in [0.1, 0.15) is 284 Å². The van der Waals surface area contributed by atoms with E-state index in [0.717, 1.165) is 116 Å². The second-order valence-electron chi connectivity index (χ2n) is 19.9. The summed E-state index contributed by atoms with van der Waals surface area (Å²) in [5.41, 5.74) is 0. The summed E-state index contributed by atoms with van der Waals surface area (Å²) < 4.78 is 16.9. The molecule has 0 spiro atoms. The highest BCUT2D eigenvalue weighted by Gasteiger charge is 2.19. The fourth-order valence-corrected chi connectivity index (χ4v) is 8.26. The molecule has 0 saturated carbocycles. The lowest BCUT2D eigenvalue weighted by Crippen LogP contribution is -2.30. The Morgan fingerprint density at radius 3 is 0.889 bits per heavy atom. The molecule has 72 heavy (non-hydrogen) atoms. The minimum atomic E-state index is -0.790. The summed E-state index contributed by atoms with van der Waals surface area (Å²) in [5.74, 6) is -0.911. The number of carbonyl (C=O) groups excluding carboxylic acids is 3. The van der Waals surface area contributed by atoms with E-state index in [2.05, 4.69) is 118 Å². The van der Waals surface area contributed by atoms with E-state index in [1.807, 2.05) is 0 Å². The number of hydrogen-bond acceptors (Lipinski definition) is 6. The molecule has 0 aliphatic heterocycles. The Labute approximate surface area is 445 Å². The van der Waals surface area contributed by atoms with Gasteiger partial charge in [-0.2, -0.15) is 0 Å². The Bertz CT molecular complexity index is 1430. The largest absolute Gasteiger partial charge is 0.462 e. The van der Waals surface area contributed by atoms with Gasteiger partial charge in [0.2, 0.25) is 0 Å². The van der Waals surface area contributed by atoms with Crippen LogP contribution in [0.2, 0.25) is 0 Å². The molecule has 1 atom stereocenters. The lowest BCUT2D eigenvalue weighted by atomic mass is 10.1. The van der Waals surface area contributed by atoms with Crippen molar-refractivity contribution in [1.82, 2.24) is 0 Å². The maximum atomic E-state index is 12.9. The molecule has 0 rings (SSSR count). The summed E-state index contributed by atoms with van der Waals surface area (Å²) in [5, 5.41) is 0. The zero-order valence-corrected chi connectivity index (χ0v) is 47.2. The van der Waals surface area contributed by atoms with Gasteiger partial charge in [0.25, 0.3) is 0 Å². The average Bonchev–Trinajstić information content (AvgIpc) is 3.38. The molecule has 6 nitrogen and oxygen atoms in total. The van der Waals surface area contributed by atoms with E-state index >= 15 is 0 Å². The fraction of sp³-hybridized carbons (Fsp3) is 0.712. The van der Waals surface area contributed by atoms with Gasteiger partial charge < -0.3 is 14.2 Å². The van der Waals surface area contributed by atoms with Crippen LogP contribution in [0.3, 0.4) is 0 Å². The van der Waals surface area contributed by atoms with Gasteiger partial charge in [-0.3, -0.25) is 14.4 Å². The van der Waals surface area contributed by atoms with Crippen LogP contribution in [0.25, 0.3) is 0 Å². The van der Waals surface area contributed by atoms with Crippen molar-refractivity contribution in [2.24, 2.45) is 0 Å². The van der Waals surface area contributed by atoms with Crippen molar-refractivity contribution in [3.63, 3.8) is 0 Å². The Morgan fingerprint density at radius 2 is 0.542 bits per heavy atom. The predicted octanol–water partition coefficient (Wildman–Crippen LogP) is 20.5. The molecule has 0 aliphatic carbocycles. The minimum Gasteiger partial charge on any atom is -0.462 e. The van der Waals surface area contributed by atoms with Crippen molar-refractivity contribution in [2.75, 3.05) is 13.2 Å². The summed E-state index contributed by atoms with van der Waals surface area (Å²) in [6, 6.07) is 0. The van der Waals surface area contributed by atoms with Crippen LogP contribution in [0.5, 0.6) is 0 Å². The third-order valence-electron chi connectivity index (χ3n) is 12.8. The number of esters is 3. The van der Waals surface area contributed by atoms with Crippen LogP contribution in [0, 0.1) is 0 Å². The topological polar surface area (TPSA) is 78.9 Å². The van der Waals surface area contributed by atoms with E-state index in [1.54, 1.807) is 0 Å². The highest BCUT2D eigenvalue weighted by Crippen LogP contribution is 2.15. The van der Waals surface area contributed by atoms with Gasteiger partial charge >= 0.3 is 17.9 Å². The fourth-order valence-electron chi connectivity index (χ4n) is 8.26.